The summed E-state index contributed by atoms with van der Waals surface area (Å²) in [6.07, 6.45) is 4.01. The molecule has 1 aliphatic rings. The Kier molecular flexibility index (Phi) is 3.52. The van der Waals surface area contributed by atoms with E-state index in [1.807, 2.05) is 0 Å². The number of carbonyl (C=O) groups is 1. The number of aliphatic hydroxyl groups excluding tert-OH is 1. The van der Waals surface area contributed by atoms with Gasteiger partial charge in [0.1, 0.15) is 5.76 Å². The molecule has 1 aromatic heterocycles. The van der Waals surface area contributed by atoms with Gasteiger partial charge in [-0.25, -0.2) is 0 Å². The predicted octanol–water partition coefficient (Wildman–Crippen LogP) is 1.96. The zero-order valence-electron chi connectivity index (χ0n) is 10.3. The van der Waals surface area contributed by atoms with E-state index in [1.54, 1.807) is 24.8 Å². The van der Waals surface area contributed by atoms with Crippen molar-refractivity contribution >= 4 is 5.91 Å². The highest BCUT2D eigenvalue weighted by atomic mass is 16.3. The molecule has 1 saturated heterocycles. The molecule has 17 heavy (non-hydrogen) atoms. The minimum Gasteiger partial charge on any atom is -0.469 e. The molecule has 2 atom stereocenters. The van der Waals surface area contributed by atoms with E-state index in [-0.39, 0.29) is 11.9 Å². The summed E-state index contributed by atoms with van der Waals surface area (Å²) in [5.74, 6) is 0.617. The van der Waals surface area contributed by atoms with E-state index in [0.717, 1.165) is 25.8 Å². The third-order valence-electron chi connectivity index (χ3n) is 3.46. The van der Waals surface area contributed by atoms with Crippen molar-refractivity contribution in [3.05, 3.63) is 23.7 Å². The normalized spacial score (nSPS) is 22.5. The molecule has 1 aromatic rings. The smallest absolute Gasteiger partial charge is 0.257 e. The van der Waals surface area contributed by atoms with Gasteiger partial charge in [-0.05, 0) is 39.2 Å². The molecule has 1 fully saturated rings. The lowest BCUT2D eigenvalue weighted by atomic mass is 9.97. The maximum atomic E-state index is 12.4. The van der Waals surface area contributed by atoms with E-state index in [2.05, 4.69) is 0 Å². The van der Waals surface area contributed by atoms with Gasteiger partial charge in [0.25, 0.3) is 5.91 Å². The van der Waals surface area contributed by atoms with Crippen LogP contribution >= 0.6 is 0 Å². The zero-order chi connectivity index (χ0) is 12.4. The number of aryl methyl sites for hydroxylation is 1. The number of rotatable bonds is 2. The molecule has 0 radical (unpaired) electrons. The number of nitrogens with zero attached hydrogens (tertiary/aromatic N) is 1. The van der Waals surface area contributed by atoms with Crippen LogP contribution in [0.2, 0.25) is 0 Å². The van der Waals surface area contributed by atoms with Crippen LogP contribution in [0.15, 0.2) is 16.7 Å². The number of hydrogen-bond donors (Lipinski definition) is 1. The van der Waals surface area contributed by atoms with Gasteiger partial charge in [0, 0.05) is 6.54 Å². The monoisotopic (exact) mass is 237 g/mol. The summed E-state index contributed by atoms with van der Waals surface area (Å²) < 4.78 is 5.16. The first-order chi connectivity index (χ1) is 8.11. The zero-order valence-corrected chi connectivity index (χ0v) is 10.3. The predicted molar refractivity (Wildman–Crippen MR) is 63.8 cm³/mol. The summed E-state index contributed by atoms with van der Waals surface area (Å²) in [7, 11) is 0. The number of hydrogen-bond acceptors (Lipinski definition) is 3. The van der Waals surface area contributed by atoms with Crippen molar-refractivity contribution in [2.75, 3.05) is 6.54 Å². The second-order valence-corrected chi connectivity index (χ2v) is 4.69. The Hall–Kier alpha value is -1.29. The molecule has 1 N–H and O–H groups in total. The molecule has 4 heteroatoms. The maximum Gasteiger partial charge on any atom is 0.257 e. The lowest BCUT2D eigenvalue weighted by molar-refractivity contribution is 0.0279. The van der Waals surface area contributed by atoms with E-state index in [9.17, 15) is 9.90 Å². The lowest BCUT2D eigenvalue weighted by Crippen LogP contribution is -2.48. The number of aliphatic hydroxyl groups is 1. The van der Waals surface area contributed by atoms with Crippen molar-refractivity contribution < 1.29 is 14.3 Å². The number of furan rings is 1. The molecule has 4 nitrogen and oxygen atoms in total. The highest BCUT2D eigenvalue weighted by Gasteiger charge is 2.31. The van der Waals surface area contributed by atoms with Crippen LogP contribution in [0.3, 0.4) is 0 Å². The first-order valence-corrected chi connectivity index (χ1v) is 6.14. The van der Waals surface area contributed by atoms with Gasteiger partial charge in [0.2, 0.25) is 0 Å². The Bertz CT molecular complexity index is 397. The Balaban J connectivity index is 2.20. The van der Waals surface area contributed by atoms with Gasteiger partial charge in [-0.15, -0.1) is 0 Å². The standard InChI is InChI=1S/C13H19NO3/c1-9(15)12-5-3-4-7-14(12)13(16)11-6-8-17-10(11)2/h6,8-9,12,15H,3-5,7H2,1-2H3/t9-,12+/m1/s1. The van der Waals surface area contributed by atoms with Crippen molar-refractivity contribution in [3.63, 3.8) is 0 Å². The summed E-state index contributed by atoms with van der Waals surface area (Å²) >= 11 is 0. The number of piperidine rings is 1. The lowest BCUT2D eigenvalue weighted by Gasteiger charge is -2.37. The topological polar surface area (TPSA) is 53.7 Å². The molecule has 2 rings (SSSR count). The SMILES string of the molecule is Cc1occc1C(=O)N1CCCC[C@H]1[C@@H](C)O. The summed E-state index contributed by atoms with van der Waals surface area (Å²) in [5, 5.41) is 9.75. The minimum atomic E-state index is -0.480. The number of amides is 1. The molecule has 1 amide bonds. The summed E-state index contributed by atoms with van der Waals surface area (Å²) in [4.78, 5) is 14.1. The van der Waals surface area contributed by atoms with Crippen LogP contribution in [0.1, 0.15) is 42.3 Å². The third-order valence-corrected chi connectivity index (χ3v) is 3.46. The minimum absolute atomic E-state index is 0.0261. The average molecular weight is 237 g/mol. The summed E-state index contributed by atoms with van der Waals surface area (Å²) in [5.41, 5.74) is 0.609. The van der Waals surface area contributed by atoms with Gasteiger partial charge < -0.3 is 14.4 Å². The summed E-state index contributed by atoms with van der Waals surface area (Å²) in [6, 6.07) is 1.64. The van der Waals surface area contributed by atoms with Crippen molar-refractivity contribution in [3.8, 4) is 0 Å². The first kappa shape index (κ1) is 12.2. The molecule has 0 unspecified atom stereocenters. The Morgan fingerprint density at radius 2 is 2.35 bits per heavy atom. The fraction of sp³-hybridized carbons (Fsp3) is 0.615. The average Bonchev–Trinajstić information content (AvgIpc) is 2.74. The fourth-order valence-corrected chi connectivity index (χ4v) is 2.47. The number of likely N-dealkylation sites (tertiary alicyclic amines) is 1. The maximum absolute atomic E-state index is 12.4. The van der Waals surface area contributed by atoms with Crippen molar-refractivity contribution in [1.29, 1.82) is 0 Å². The van der Waals surface area contributed by atoms with E-state index in [0.29, 0.717) is 11.3 Å². The van der Waals surface area contributed by atoms with Crippen LogP contribution in [0.5, 0.6) is 0 Å². The van der Waals surface area contributed by atoms with Crippen LogP contribution in [-0.2, 0) is 0 Å². The molecular weight excluding hydrogens is 218 g/mol. The van der Waals surface area contributed by atoms with Crippen LogP contribution in [0.25, 0.3) is 0 Å². The second-order valence-electron chi connectivity index (χ2n) is 4.69. The molecule has 1 aliphatic heterocycles. The highest BCUT2D eigenvalue weighted by Crippen LogP contribution is 2.23. The molecule has 0 saturated carbocycles. The molecule has 94 valence electrons. The fourth-order valence-electron chi connectivity index (χ4n) is 2.47. The van der Waals surface area contributed by atoms with E-state index in [4.69, 9.17) is 4.42 Å². The molecular formula is C13H19NO3. The number of carbonyl (C=O) groups excluding carboxylic acids is 1. The van der Waals surface area contributed by atoms with Crippen LogP contribution in [0, 0.1) is 6.92 Å². The van der Waals surface area contributed by atoms with Crippen LogP contribution in [0.4, 0.5) is 0 Å². The first-order valence-electron chi connectivity index (χ1n) is 6.14. The summed E-state index contributed by atoms with van der Waals surface area (Å²) in [6.45, 7) is 4.26. The van der Waals surface area contributed by atoms with Crippen molar-refractivity contribution in [2.24, 2.45) is 0 Å². The van der Waals surface area contributed by atoms with Gasteiger partial charge >= 0.3 is 0 Å². The Morgan fingerprint density at radius 3 is 2.94 bits per heavy atom. The van der Waals surface area contributed by atoms with E-state index >= 15 is 0 Å². The highest BCUT2D eigenvalue weighted by molar-refractivity contribution is 5.95. The molecule has 0 spiro atoms. The van der Waals surface area contributed by atoms with Gasteiger partial charge in [-0.3, -0.25) is 4.79 Å². The second kappa shape index (κ2) is 4.92. The van der Waals surface area contributed by atoms with Crippen molar-refractivity contribution in [2.45, 2.75) is 45.3 Å². The van der Waals surface area contributed by atoms with E-state index in [1.165, 1.54) is 6.26 Å². The third kappa shape index (κ3) is 2.36. The molecule has 0 aliphatic carbocycles. The Morgan fingerprint density at radius 1 is 1.59 bits per heavy atom. The molecule has 0 bridgehead atoms. The molecule has 2 heterocycles. The van der Waals surface area contributed by atoms with Gasteiger partial charge in [-0.2, -0.15) is 0 Å². The van der Waals surface area contributed by atoms with Crippen molar-refractivity contribution in [1.82, 2.24) is 4.90 Å². The van der Waals surface area contributed by atoms with Gasteiger partial charge in [0.05, 0.1) is 24.0 Å². The largest absolute Gasteiger partial charge is 0.469 e. The Labute approximate surface area is 101 Å². The molecule has 0 aromatic carbocycles. The van der Waals surface area contributed by atoms with E-state index < -0.39 is 6.10 Å². The quantitative estimate of drug-likeness (QED) is 0.855. The van der Waals surface area contributed by atoms with Gasteiger partial charge in [-0.1, -0.05) is 0 Å². The van der Waals surface area contributed by atoms with Crippen LogP contribution < -0.4 is 0 Å². The van der Waals surface area contributed by atoms with Gasteiger partial charge in [0.15, 0.2) is 0 Å². The van der Waals surface area contributed by atoms with Crippen LogP contribution in [-0.4, -0.2) is 34.6 Å².